The van der Waals surface area contributed by atoms with E-state index in [4.69, 9.17) is 4.98 Å². The van der Waals surface area contributed by atoms with E-state index in [0.29, 0.717) is 0 Å². The third kappa shape index (κ3) is 2.28. The van der Waals surface area contributed by atoms with Gasteiger partial charge in [0.2, 0.25) is 0 Å². The molecule has 150 valence electrons. The molecule has 0 saturated carbocycles. The Bertz CT molecular complexity index is 1900. The lowest BCUT2D eigenvalue weighted by molar-refractivity contribution is 0.476. The number of nitrogens with zero attached hydrogens (tertiary/aromatic N) is 2. The van der Waals surface area contributed by atoms with Gasteiger partial charge in [0.15, 0.2) is 0 Å². The fraction of sp³-hybridized carbons (Fsp3) is 0. The first-order valence-corrected chi connectivity index (χ1v) is 10.7. The Morgan fingerprint density at radius 1 is 0.562 bits per heavy atom. The van der Waals surface area contributed by atoms with Gasteiger partial charge in [-0.15, -0.1) is 0 Å². The minimum absolute atomic E-state index is 0.247. The van der Waals surface area contributed by atoms with E-state index < -0.39 is 0 Å². The molecule has 0 fully saturated rings. The number of hydrogen-bond donors (Lipinski definition) is 1. The highest BCUT2D eigenvalue weighted by Crippen LogP contribution is 2.37. The van der Waals surface area contributed by atoms with E-state index >= 15 is 0 Å². The van der Waals surface area contributed by atoms with Crippen molar-refractivity contribution in [3.63, 3.8) is 0 Å². The third-order valence-electron chi connectivity index (χ3n) is 6.49. The summed E-state index contributed by atoms with van der Waals surface area (Å²) in [5, 5.41) is 19.6. The van der Waals surface area contributed by atoms with Crippen LogP contribution >= 0.6 is 0 Å². The molecule has 0 radical (unpaired) electrons. The highest BCUT2D eigenvalue weighted by Gasteiger charge is 2.14. The molecule has 3 aromatic heterocycles. The van der Waals surface area contributed by atoms with Gasteiger partial charge >= 0.3 is 0 Å². The van der Waals surface area contributed by atoms with Gasteiger partial charge in [0.25, 0.3) is 0 Å². The molecule has 4 aromatic carbocycles. The first-order valence-electron chi connectivity index (χ1n) is 10.7. The molecule has 2 bridgehead atoms. The van der Waals surface area contributed by atoms with Crippen LogP contribution < -0.4 is 0 Å². The van der Waals surface area contributed by atoms with Crippen LogP contribution in [-0.4, -0.2) is 14.5 Å². The van der Waals surface area contributed by atoms with Crippen LogP contribution in [-0.2, 0) is 0 Å². The van der Waals surface area contributed by atoms with Crippen molar-refractivity contribution in [2.45, 2.75) is 0 Å². The van der Waals surface area contributed by atoms with E-state index in [1.165, 1.54) is 21.5 Å². The van der Waals surface area contributed by atoms with E-state index in [9.17, 15) is 5.11 Å². The Kier molecular flexibility index (Phi) is 3.42. The third-order valence-corrected chi connectivity index (χ3v) is 6.49. The predicted molar refractivity (Wildman–Crippen MR) is 133 cm³/mol. The molecule has 0 unspecified atom stereocenters. The van der Waals surface area contributed by atoms with Crippen molar-refractivity contribution in [2.75, 3.05) is 0 Å². The van der Waals surface area contributed by atoms with Gasteiger partial charge in [-0.2, -0.15) is 0 Å². The summed E-state index contributed by atoms with van der Waals surface area (Å²) in [6.07, 6.45) is 1.87. The lowest BCUT2D eigenvalue weighted by Gasteiger charge is -2.08. The number of rotatable bonds is 0. The van der Waals surface area contributed by atoms with E-state index in [2.05, 4.69) is 83.3 Å². The van der Waals surface area contributed by atoms with E-state index in [1.807, 2.05) is 18.3 Å². The van der Waals surface area contributed by atoms with E-state index in [-0.39, 0.29) is 5.75 Å². The van der Waals surface area contributed by atoms with Gasteiger partial charge < -0.3 is 5.11 Å². The van der Waals surface area contributed by atoms with Gasteiger partial charge in [0.1, 0.15) is 11.4 Å². The maximum atomic E-state index is 10.3. The number of benzene rings is 4. The Morgan fingerprint density at radius 2 is 1.19 bits per heavy atom. The first kappa shape index (κ1) is 17.3. The van der Waals surface area contributed by atoms with Crippen molar-refractivity contribution in [2.24, 2.45) is 0 Å². The topological polar surface area (TPSA) is 37.5 Å². The van der Waals surface area contributed by atoms with Gasteiger partial charge in [-0.05, 0) is 51.2 Å². The van der Waals surface area contributed by atoms with Gasteiger partial charge in [-0.3, -0.25) is 4.40 Å². The van der Waals surface area contributed by atoms with E-state index in [0.717, 1.165) is 38.2 Å². The summed E-state index contributed by atoms with van der Waals surface area (Å²) in [6.45, 7) is 0. The van der Waals surface area contributed by atoms with Crippen molar-refractivity contribution in [1.29, 1.82) is 0 Å². The molecule has 1 N–H and O–H groups in total. The van der Waals surface area contributed by atoms with Gasteiger partial charge in [0, 0.05) is 28.4 Å². The van der Waals surface area contributed by atoms with Crippen LogP contribution in [0.4, 0.5) is 0 Å². The molecule has 3 nitrogen and oxygen atoms in total. The highest BCUT2D eigenvalue weighted by atomic mass is 16.3. The number of para-hydroxylation sites is 1. The first-order chi connectivity index (χ1) is 15.8. The number of aromatic nitrogens is 2. The normalized spacial score (nSPS) is 11.9. The van der Waals surface area contributed by atoms with Crippen molar-refractivity contribution < 1.29 is 5.11 Å². The largest absolute Gasteiger partial charge is 0.508 e. The van der Waals surface area contributed by atoms with Crippen molar-refractivity contribution in [3.05, 3.63) is 103 Å². The van der Waals surface area contributed by atoms with Crippen molar-refractivity contribution in [3.8, 4) is 5.75 Å². The van der Waals surface area contributed by atoms with Crippen LogP contribution in [0.3, 0.4) is 0 Å². The Morgan fingerprint density at radius 3 is 1.97 bits per heavy atom. The fourth-order valence-electron chi connectivity index (χ4n) is 5.14. The zero-order chi connectivity index (χ0) is 21.2. The number of hydrogen-bond acceptors (Lipinski definition) is 2. The van der Waals surface area contributed by atoms with Crippen molar-refractivity contribution in [1.82, 2.24) is 9.38 Å². The summed E-state index contributed by atoms with van der Waals surface area (Å²) in [5.41, 5.74) is 2.89. The second-order valence-electron chi connectivity index (χ2n) is 8.23. The van der Waals surface area contributed by atoms with E-state index in [1.54, 1.807) is 6.07 Å². The monoisotopic (exact) mass is 410 g/mol. The molecule has 7 aromatic rings. The smallest absolute Gasteiger partial charge is 0.138 e. The lowest BCUT2D eigenvalue weighted by atomic mass is 10.0. The molecule has 0 saturated heterocycles. The quantitative estimate of drug-likeness (QED) is 0.283. The number of phenols is 1. The lowest BCUT2D eigenvalue weighted by Crippen LogP contribution is -1.89. The van der Waals surface area contributed by atoms with Crippen LogP contribution in [0, 0.1) is 0 Å². The van der Waals surface area contributed by atoms with Crippen LogP contribution in [0.25, 0.3) is 59.8 Å². The summed E-state index contributed by atoms with van der Waals surface area (Å²) in [7, 11) is 0. The molecule has 3 heterocycles. The summed E-state index contributed by atoms with van der Waals surface area (Å²) in [5.74, 6) is 0.247. The Labute approximate surface area is 183 Å². The SMILES string of the molecule is Oc1ccc2c3cccc4c5ccccc5c5ccccc5c5ccnc(c5)n(c2c1)c43. The fourth-order valence-corrected chi connectivity index (χ4v) is 5.14. The summed E-state index contributed by atoms with van der Waals surface area (Å²) >= 11 is 0. The second-order valence-corrected chi connectivity index (χ2v) is 8.23. The molecule has 7 rings (SSSR count). The molecule has 3 heteroatoms. The van der Waals surface area contributed by atoms with Crippen molar-refractivity contribution >= 4 is 59.8 Å². The number of pyridine rings is 1. The van der Waals surface area contributed by atoms with Gasteiger partial charge in [0.05, 0.1) is 11.0 Å². The zero-order valence-corrected chi connectivity index (χ0v) is 17.2. The molecule has 0 aliphatic rings. The molecular weight excluding hydrogens is 392 g/mol. The summed E-state index contributed by atoms with van der Waals surface area (Å²) < 4.78 is 2.19. The predicted octanol–water partition coefficient (Wildman–Crippen LogP) is 7.37. The molecule has 0 spiro atoms. The maximum absolute atomic E-state index is 10.3. The van der Waals surface area contributed by atoms with Gasteiger partial charge in [-0.1, -0.05) is 66.7 Å². The standard InChI is InChI=1S/C29H18N2O/c32-19-12-13-24-26-11-5-10-25-23-9-4-3-8-22(23)21-7-2-1-6-20(21)18-14-15-30-28(16-18)31(29(25)26)27(24)17-19/h1-17,32H. The molecule has 0 aliphatic heterocycles. The molecular formula is C29H18N2O. The Hall–Kier alpha value is -4.37. The average Bonchev–Trinajstić information content (AvgIpc) is 3.17. The van der Waals surface area contributed by atoms with Crippen LogP contribution in [0.1, 0.15) is 0 Å². The van der Waals surface area contributed by atoms with Crippen LogP contribution in [0.15, 0.2) is 103 Å². The van der Waals surface area contributed by atoms with Crippen LogP contribution in [0.5, 0.6) is 5.75 Å². The van der Waals surface area contributed by atoms with Gasteiger partial charge in [-0.25, -0.2) is 4.98 Å². The van der Waals surface area contributed by atoms with Crippen LogP contribution in [0.2, 0.25) is 0 Å². The molecule has 0 aliphatic carbocycles. The average molecular weight is 410 g/mol. The minimum atomic E-state index is 0.247. The maximum Gasteiger partial charge on any atom is 0.138 e. The summed E-state index contributed by atoms with van der Waals surface area (Å²) in [4.78, 5) is 4.77. The Balaban J connectivity index is 1.98. The highest BCUT2D eigenvalue weighted by molar-refractivity contribution is 6.23. The number of fused-ring (bicyclic) bond motifs is 11. The summed E-state index contributed by atoms with van der Waals surface area (Å²) in [6, 6.07) is 33.4. The minimum Gasteiger partial charge on any atom is -0.508 e. The zero-order valence-electron chi connectivity index (χ0n) is 17.2. The molecule has 0 amide bonds. The molecule has 32 heavy (non-hydrogen) atoms. The number of aromatic hydroxyl groups is 1. The number of phenolic OH excluding ortho intramolecular Hbond substituents is 1. The molecule has 0 atom stereocenters. The second kappa shape index (κ2) is 6.32.